The maximum Gasteiger partial charge on any atom is 0.416 e. The van der Waals surface area contributed by atoms with Crippen LogP contribution in [0.15, 0.2) is 28.7 Å². The fourth-order valence-electron chi connectivity index (χ4n) is 1.51. The van der Waals surface area contributed by atoms with Crippen LogP contribution >= 0.6 is 15.9 Å². The van der Waals surface area contributed by atoms with Crippen LogP contribution in [-0.2, 0) is 6.18 Å². The molecule has 7 heteroatoms. The molecule has 0 bridgehead atoms. The van der Waals surface area contributed by atoms with Crippen LogP contribution < -0.4 is 5.73 Å². The number of hydrogen-bond donors (Lipinski definition) is 1. The summed E-state index contributed by atoms with van der Waals surface area (Å²) in [5, 5.41) is 4.14. The van der Waals surface area contributed by atoms with Crippen molar-refractivity contribution in [2.45, 2.75) is 13.1 Å². The quantitative estimate of drug-likeness (QED) is 0.873. The zero-order valence-electron chi connectivity index (χ0n) is 9.29. The second-order valence-electron chi connectivity index (χ2n) is 3.74. The van der Waals surface area contributed by atoms with Gasteiger partial charge in [0.2, 0.25) is 0 Å². The lowest BCUT2D eigenvalue weighted by Gasteiger charge is -2.08. The smallest absolute Gasteiger partial charge is 0.383 e. The molecule has 18 heavy (non-hydrogen) atoms. The molecule has 0 fully saturated rings. The SMILES string of the molecule is Cc1nn(-c2ccc(C(F)(F)F)cc2)c(N)c1Br. The Kier molecular flexibility index (Phi) is 3.10. The van der Waals surface area contributed by atoms with Crippen LogP contribution in [0.25, 0.3) is 5.69 Å². The van der Waals surface area contributed by atoms with Gasteiger partial charge in [0, 0.05) is 0 Å². The largest absolute Gasteiger partial charge is 0.416 e. The van der Waals surface area contributed by atoms with Gasteiger partial charge in [-0.1, -0.05) is 0 Å². The van der Waals surface area contributed by atoms with Crippen LogP contribution in [0.4, 0.5) is 19.0 Å². The van der Waals surface area contributed by atoms with Gasteiger partial charge in [-0.3, -0.25) is 0 Å². The molecule has 0 aliphatic carbocycles. The molecule has 0 spiro atoms. The number of nitrogen functional groups attached to an aromatic ring is 1. The molecule has 1 heterocycles. The number of rotatable bonds is 1. The molecule has 0 atom stereocenters. The molecule has 1 aromatic heterocycles. The van der Waals surface area contributed by atoms with Gasteiger partial charge in [-0.05, 0) is 47.1 Å². The summed E-state index contributed by atoms with van der Waals surface area (Å²) < 4.78 is 39.3. The van der Waals surface area contributed by atoms with Gasteiger partial charge in [0.05, 0.1) is 21.4 Å². The molecular formula is C11H9BrF3N3. The van der Waals surface area contributed by atoms with Crippen LogP contribution in [0.1, 0.15) is 11.3 Å². The summed E-state index contributed by atoms with van der Waals surface area (Å²) >= 11 is 3.26. The lowest BCUT2D eigenvalue weighted by molar-refractivity contribution is -0.137. The van der Waals surface area contributed by atoms with Gasteiger partial charge < -0.3 is 5.73 Å². The Morgan fingerprint density at radius 3 is 2.17 bits per heavy atom. The van der Waals surface area contributed by atoms with Crippen molar-refractivity contribution in [3.05, 3.63) is 40.0 Å². The summed E-state index contributed by atoms with van der Waals surface area (Å²) in [4.78, 5) is 0. The van der Waals surface area contributed by atoms with Crippen molar-refractivity contribution in [1.29, 1.82) is 0 Å². The average molecular weight is 320 g/mol. The minimum atomic E-state index is -4.34. The van der Waals surface area contributed by atoms with E-state index in [4.69, 9.17) is 5.73 Å². The van der Waals surface area contributed by atoms with Gasteiger partial charge in [-0.25, -0.2) is 4.68 Å². The number of benzene rings is 1. The summed E-state index contributed by atoms with van der Waals surface area (Å²) in [5.74, 6) is 0.354. The number of halogens is 4. The fraction of sp³-hybridized carbons (Fsp3) is 0.182. The van der Waals surface area contributed by atoms with E-state index in [1.165, 1.54) is 16.8 Å². The molecule has 1 aromatic carbocycles. The molecule has 0 saturated carbocycles. The lowest BCUT2D eigenvalue weighted by atomic mass is 10.2. The highest BCUT2D eigenvalue weighted by atomic mass is 79.9. The Hall–Kier alpha value is -1.50. The summed E-state index contributed by atoms with van der Waals surface area (Å²) in [7, 11) is 0. The number of aromatic nitrogens is 2. The van der Waals surface area contributed by atoms with Gasteiger partial charge in [0.25, 0.3) is 0 Å². The summed E-state index contributed by atoms with van der Waals surface area (Å²) in [6.45, 7) is 1.75. The monoisotopic (exact) mass is 319 g/mol. The van der Waals surface area contributed by atoms with Crippen LogP contribution in [-0.4, -0.2) is 9.78 Å². The van der Waals surface area contributed by atoms with Crippen LogP contribution in [0.2, 0.25) is 0 Å². The van der Waals surface area contributed by atoms with Gasteiger partial charge in [-0.2, -0.15) is 18.3 Å². The van der Waals surface area contributed by atoms with Crippen molar-refractivity contribution >= 4 is 21.7 Å². The number of aryl methyl sites for hydroxylation is 1. The topological polar surface area (TPSA) is 43.8 Å². The highest BCUT2D eigenvalue weighted by molar-refractivity contribution is 9.10. The van der Waals surface area contributed by atoms with Crippen molar-refractivity contribution in [3.63, 3.8) is 0 Å². The third-order valence-electron chi connectivity index (χ3n) is 2.46. The number of anilines is 1. The van der Waals surface area contributed by atoms with E-state index >= 15 is 0 Å². The number of nitrogens with two attached hydrogens (primary N) is 1. The molecule has 2 rings (SSSR count). The zero-order valence-corrected chi connectivity index (χ0v) is 10.9. The minimum Gasteiger partial charge on any atom is -0.383 e. The molecule has 2 aromatic rings. The van der Waals surface area contributed by atoms with Crippen molar-refractivity contribution in [2.24, 2.45) is 0 Å². The van der Waals surface area contributed by atoms with Crippen molar-refractivity contribution < 1.29 is 13.2 Å². The molecule has 0 unspecified atom stereocenters. The van der Waals surface area contributed by atoms with Crippen LogP contribution in [0.5, 0.6) is 0 Å². The van der Waals surface area contributed by atoms with Gasteiger partial charge in [-0.15, -0.1) is 0 Å². The maximum atomic E-state index is 12.4. The first-order valence-corrected chi connectivity index (χ1v) is 5.78. The predicted octanol–water partition coefficient (Wildman–Crippen LogP) is 3.54. The Labute approximate surface area is 110 Å². The molecule has 0 saturated heterocycles. The van der Waals surface area contributed by atoms with E-state index in [1.807, 2.05) is 0 Å². The third-order valence-corrected chi connectivity index (χ3v) is 3.44. The molecular weight excluding hydrogens is 311 g/mol. The van der Waals surface area contributed by atoms with E-state index in [-0.39, 0.29) is 0 Å². The van der Waals surface area contributed by atoms with E-state index in [2.05, 4.69) is 21.0 Å². The second kappa shape index (κ2) is 4.31. The van der Waals surface area contributed by atoms with Crippen molar-refractivity contribution in [1.82, 2.24) is 9.78 Å². The van der Waals surface area contributed by atoms with Crippen molar-refractivity contribution in [3.8, 4) is 5.69 Å². The summed E-state index contributed by atoms with van der Waals surface area (Å²) in [6, 6.07) is 4.66. The normalized spacial score (nSPS) is 11.8. The number of hydrogen-bond acceptors (Lipinski definition) is 2. The molecule has 2 N–H and O–H groups in total. The van der Waals surface area contributed by atoms with Gasteiger partial charge in [0.1, 0.15) is 5.82 Å². The number of alkyl halides is 3. The number of nitrogens with zero attached hydrogens (tertiary/aromatic N) is 2. The van der Waals surface area contributed by atoms with Gasteiger partial charge >= 0.3 is 6.18 Å². The van der Waals surface area contributed by atoms with Crippen LogP contribution in [0.3, 0.4) is 0 Å². The summed E-state index contributed by atoms with van der Waals surface area (Å²) in [5.41, 5.74) is 6.24. The van der Waals surface area contributed by atoms with E-state index in [0.29, 0.717) is 21.7 Å². The average Bonchev–Trinajstić information content (AvgIpc) is 2.56. The molecule has 0 aliphatic rings. The predicted molar refractivity (Wildman–Crippen MR) is 65.4 cm³/mol. The lowest BCUT2D eigenvalue weighted by Crippen LogP contribution is -2.06. The first-order chi connectivity index (χ1) is 8.30. The van der Waals surface area contributed by atoms with E-state index in [9.17, 15) is 13.2 Å². The minimum absolute atomic E-state index is 0.354. The Bertz CT molecular complexity index is 572. The van der Waals surface area contributed by atoms with E-state index in [0.717, 1.165) is 12.1 Å². The zero-order chi connectivity index (χ0) is 13.5. The highest BCUT2D eigenvalue weighted by Crippen LogP contribution is 2.31. The first kappa shape index (κ1) is 12.9. The maximum absolute atomic E-state index is 12.4. The molecule has 96 valence electrons. The van der Waals surface area contributed by atoms with E-state index in [1.54, 1.807) is 6.92 Å². The van der Waals surface area contributed by atoms with E-state index < -0.39 is 11.7 Å². The standard InChI is InChI=1S/C11H9BrF3N3/c1-6-9(12)10(16)18(17-6)8-4-2-7(3-5-8)11(13,14)15/h2-5H,16H2,1H3. The van der Waals surface area contributed by atoms with Crippen molar-refractivity contribution in [2.75, 3.05) is 5.73 Å². The Morgan fingerprint density at radius 2 is 1.78 bits per heavy atom. The summed E-state index contributed by atoms with van der Waals surface area (Å²) in [6.07, 6.45) is -4.34. The Morgan fingerprint density at radius 1 is 1.22 bits per heavy atom. The highest BCUT2D eigenvalue weighted by Gasteiger charge is 2.30. The molecule has 3 nitrogen and oxygen atoms in total. The first-order valence-electron chi connectivity index (χ1n) is 4.99. The second-order valence-corrected chi connectivity index (χ2v) is 4.53. The van der Waals surface area contributed by atoms with Crippen LogP contribution in [0, 0.1) is 6.92 Å². The third kappa shape index (κ3) is 2.22. The molecule has 0 aliphatic heterocycles. The molecule has 0 radical (unpaired) electrons. The van der Waals surface area contributed by atoms with Gasteiger partial charge in [0.15, 0.2) is 0 Å². The fourth-order valence-corrected chi connectivity index (χ4v) is 1.76. The Balaban J connectivity index is 2.44. The molecule has 0 amide bonds.